The lowest BCUT2D eigenvalue weighted by Crippen LogP contribution is -2.31. The molecule has 1 aliphatic rings. The number of aryl methyl sites for hydroxylation is 1. The first-order valence-electron chi connectivity index (χ1n) is 7.69. The molecule has 8 heteroatoms. The fourth-order valence-electron chi connectivity index (χ4n) is 3.23. The predicted octanol–water partition coefficient (Wildman–Crippen LogP) is 2.64. The van der Waals surface area contributed by atoms with Crippen molar-refractivity contribution in [1.29, 1.82) is 0 Å². The van der Waals surface area contributed by atoms with Gasteiger partial charge in [-0.15, -0.1) is 11.3 Å². The predicted molar refractivity (Wildman–Crippen MR) is 89.4 cm³/mol. The fraction of sp³-hybridized carbons (Fsp3) is 0.312. The zero-order valence-electron chi connectivity index (χ0n) is 13.0. The van der Waals surface area contributed by atoms with Crippen LogP contribution in [0.15, 0.2) is 24.4 Å². The minimum atomic E-state index is -0.952. The third kappa shape index (κ3) is 2.39. The van der Waals surface area contributed by atoms with Crippen LogP contribution in [-0.4, -0.2) is 43.2 Å². The summed E-state index contributed by atoms with van der Waals surface area (Å²) in [7, 11) is 1.86. The molecule has 0 aromatic carbocycles. The molecule has 24 heavy (non-hydrogen) atoms. The summed E-state index contributed by atoms with van der Waals surface area (Å²) in [6.07, 6.45) is 3.74. The number of aromatic nitrogens is 3. The van der Waals surface area contributed by atoms with Crippen LogP contribution in [0.4, 0.5) is 0 Å². The number of carboxylic acid groups (broad SMARTS) is 1. The summed E-state index contributed by atoms with van der Waals surface area (Å²) in [4.78, 5) is 29.0. The van der Waals surface area contributed by atoms with E-state index in [9.17, 15) is 9.59 Å². The van der Waals surface area contributed by atoms with Gasteiger partial charge in [-0.1, -0.05) is 0 Å². The van der Waals surface area contributed by atoms with Crippen LogP contribution in [0.25, 0.3) is 10.2 Å². The van der Waals surface area contributed by atoms with Gasteiger partial charge in [-0.2, -0.15) is 5.10 Å². The first-order valence-corrected chi connectivity index (χ1v) is 8.51. The Labute approximate surface area is 141 Å². The van der Waals surface area contributed by atoms with Crippen molar-refractivity contribution in [3.05, 3.63) is 40.7 Å². The average Bonchev–Trinajstić information content (AvgIpc) is 3.28. The number of carboxylic acids is 1. The summed E-state index contributed by atoms with van der Waals surface area (Å²) < 4.78 is 2.53. The Kier molecular flexibility index (Phi) is 3.42. The molecule has 1 unspecified atom stereocenters. The molecule has 4 heterocycles. The highest BCUT2D eigenvalue weighted by Gasteiger charge is 2.32. The number of fused-ring (bicyclic) bond motifs is 1. The Balaban J connectivity index is 1.62. The maximum absolute atomic E-state index is 12.9. The van der Waals surface area contributed by atoms with Crippen LogP contribution >= 0.6 is 11.3 Å². The summed E-state index contributed by atoms with van der Waals surface area (Å²) in [6.45, 7) is 0.702. The molecular formula is C16H16N4O3S. The minimum Gasteiger partial charge on any atom is -0.477 e. The highest BCUT2D eigenvalue weighted by Crippen LogP contribution is 2.33. The highest BCUT2D eigenvalue weighted by molar-refractivity contribution is 7.20. The van der Waals surface area contributed by atoms with Gasteiger partial charge in [0.15, 0.2) is 0 Å². The molecule has 3 aromatic rings. The van der Waals surface area contributed by atoms with Crippen LogP contribution in [0.2, 0.25) is 0 Å². The third-order valence-electron chi connectivity index (χ3n) is 4.34. The number of hydrogen-bond acceptors (Lipinski definition) is 4. The van der Waals surface area contributed by atoms with Crippen LogP contribution in [0.1, 0.15) is 44.7 Å². The van der Waals surface area contributed by atoms with E-state index in [-0.39, 0.29) is 16.8 Å². The molecule has 1 aliphatic heterocycles. The van der Waals surface area contributed by atoms with E-state index < -0.39 is 5.97 Å². The molecule has 3 aromatic heterocycles. The monoisotopic (exact) mass is 344 g/mol. The quantitative estimate of drug-likeness (QED) is 0.764. The minimum absolute atomic E-state index is 0.00498. The van der Waals surface area contributed by atoms with Crippen LogP contribution in [-0.2, 0) is 7.05 Å². The second kappa shape index (κ2) is 5.48. The van der Waals surface area contributed by atoms with E-state index in [0.717, 1.165) is 23.2 Å². The number of rotatable bonds is 3. The van der Waals surface area contributed by atoms with Gasteiger partial charge in [0, 0.05) is 19.8 Å². The van der Waals surface area contributed by atoms with Gasteiger partial charge in [-0.25, -0.2) is 4.79 Å². The Bertz CT molecular complexity index is 907. The summed E-state index contributed by atoms with van der Waals surface area (Å²) in [5.41, 5.74) is 2.09. The molecule has 1 fully saturated rings. The lowest BCUT2D eigenvalue weighted by atomic mass is 10.1. The molecule has 0 saturated carbocycles. The standard InChI is InChI=1S/C16H16N4O3S/c1-19-6-4-9(18-19)12-3-2-5-20(12)15(21)11-8-13-10(17-11)7-14(24-13)16(22)23/h4,6-8,12,17H,2-3,5H2,1H3,(H,22,23). The van der Waals surface area contributed by atoms with Gasteiger partial charge in [0.1, 0.15) is 10.6 Å². The maximum atomic E-state index is 12.9. The Morgan fingerprint density at radius 2 is 2.25 bits per heavy atom. The van der Waals surface area contributed by atoms with E-state index >= 15 is 0 Å². The summed E-state index contributed by atoms with van der Waals surface area (Å²) in [5, 5.41) is 13.5. The molecule has 0 spiro atoms. The molecule has 0 radical (unpaired) electrons. The molecule has 7 nitrogen and oxygen atoms in total. The van der Waals surface area contributed by atoms with Crippen molar-refractivity contribution < 1.29 is 14.7 Å². The average molecular weight is 344 g/mol. The first-order chi connectivity index (χ1) is 11.5. The van der Waals surface area contributed by atoms with Crippen LogP contribution in [0, 0.1) is 0 Å². The molecule has 1 amide bonds. The second-order valence-corrected chi connectivity index (χ2v) is 7.03. The van der Waals surface area contributed by atoms with Crippen molar-refractivity contribution in [3.8, 4) is 0 Å². The zero-order chi connectivity index (χ0) is 16.8. The van der Waals surface area contributed by atoms with Crippen molar-refractivity contribution in [2.45, 2.75) is 18.9 Å². The van der Waals surface area contributed by atoms with Crippen LogP contribution < -0.4 is 0 Å². The van der Waals surface area contributed by atoms with E-state index in [4.69, 9.17) is 5.11 Å². The molecular weight excluding hydrogens is 328 g/mol. The molecule has 124 valence electrons. The number of thiophene rings is 1. The molecule has 0 aliphatic carbocycles. The number of aromatic carboxylic acids is 1. The number of hydrogen-bond donors (Lipinski definition) is 2. The number of carbonyl (C=O) groups excluding carboxylic acids is 1. The van der Waals surface area contributed by atoms with Gasteiger partial charge >= 0.3 is 5.97 Å². The number of nitrogens with one attached hydrogen (secondary N) is 1. The van der Waals surface area contributed by atoms with E-state index in [1.165, 1.54) is 11.3 Å². The smallest absolute Gasteiger partial charge is 0.345 e. The van der Waals surface area contributed by atoms with Gasteiger partial charge in [-0.05, 0) is 31.0 Å². The number of nitrogens with zero attached hydrogens (tertiary/aromatic N) is 3. The van der Waals surface area contributed by atoms with Gasteiger partial charge in [0.05, 0.1) is 22.0 Å². The molecule has 1 saturated heterocycles. The van der Waals surface area contributed by atoms with Crippen molar-refractivity contribution in [2.75, 3.05) is 6.54 Å². The topological polar surface area (TPSA) is 91.2 Å². The van der Waals surface area contributed by atoms with E-state index in [1.807, 2.05) is 24.2 Å². The summed E-state index contributed by atoms with van der Waals surface area (Å²) in [6, 6.07) is 5.25. The van der Waals surface area contributed by atoms with Gasteiger partial charge in [-0.3, -0.25) is 9.48 Å². The van der Waals surface area contributed by atoms with Crippen molar-refractivity contribution in [2.24, 2.45) is 7.05 Å². The number of aromatic amines is 1. The lowest BCUT2D eigenvalue weighted by molar-refractivity contribution is 0.0700. The second-order valence-electron chi connectivity index (χ2n) is 5.95. The van der Waals surface area contributed by atoms with Gasteiger partial charge < -0.3 is 15.0 Å². The first kappa shape index (κ1) is 14.9. The number of amides is 1. The summed E-state index contributed by atoms with van der Waals surface area (Å²) >= 11 is 1.17. The Morgan fingerprint density at radius 1 is 1.42 bits per heavy atom. The SMILES string of the molecule is Cn1ccc(C2CCCN2C(=O)c2cc3sc(C(=O)O)cc3[nH]2)n1. The number of likely N-dealkylation sites (tertiary alicyclic amines) is 1. The molecule has 2 N–H and O–H groups in total. The fourth-order valence-corrected chi connectivity index (χ4v) is 4.12. The van der Waals surface area contributed by atoms with E-state index in [2.05, 4.69) is 10.1 Å². The van der Waals surface area contributed by atoms with E-state index in [1.54, 1.807) is 16.8 Å². The van der Waals surface area contributed by atoms with E-state index in [0.29, 0.717) is 17.8 Å². The van der Waals surface area contributed by atoms with Gasteiger partial charge in [0.25, 0.3) is 5.91 Å². The normalized spacial score (nSPS) is 17.7. The maximum Gasteiger partial charge on any atom is 0.345 e. The van der Waals surface area contributed by atoms with Crippen molar-refractivity contribution >= 4 is 33.4 Å². The molecule has 1 atom stereocenters. The van der Waals surface area contributed by atoms with Gasteiger partial charge in [0.2, 0.25) is 0 Å². The number of H-pyrrole nitrogens is 1. The molecule has 0 bridgehead atoms. The Hall–Kier alpha value is -2.61. The van der Waals surface area contributed by atoms with Crippen molar-refractivity contribution in [3.63, 3.8) is 0 Å². The number of carbonyl (C=O) groups is 2. The third-order valence-corrected chi connectivity index (χ3v) is 5.41. The summed E-state index contributed by atoms with van der Waals surface area (Å²) in [5.74, 6) is -1.02. The zero-order valence-corrected chi connectivity index (χ0v) is 13.8. The van der Waals surface area contributed by atoms with Crippen molar-refractivity contribution in [1.82, 2.24) is 19.7 Å². The lowest BCUT2D eigenvalue weighted by Gasteiger charge is -2.22. The highest BCUT2D eigenvalue weighted by atomic mass is 32.1. The Morgan fingerprint density at radius 3 is 2.92 bits per heavy atom. The molecule has 4 rings (SSSR count). The van der Waals surface area contributed by atoms with Crippen LogP contribution in [0.5, 0.6) is 0 Å². The largest absolute Gasteiger partial charge is 0.477 e. The van der Waals surface area contributed by atoms with Crippen LogP contribution in [0.3, 0.4) is 0 Å².